The van der Waals surface area contributed by atoms with Crippen molar-refractivity contribution < 1.29 is 52.5 Å². The number of esters is 2. The highest BCUT2D eigenvalue weighted by atomic mass is 19.1. The topological polar surface area (TPSA) is 193 Å². The second kappa shape index (κ2) is 20.0. The fourth-order valence-corrected chi connectivity index (χ4v) is 4.57. The average molecular weight is 737 g/mol. The minimum atomic E-state index is -0.910. The number of carbonyl (C=O) groups is 4. The number of nitrogens with one attached hydrogen (secondary N) is 3. The van der Waals surface area contributed by atoms with Gasteiger partial charge in [-0.25, -0.2) is 9.87 Å². The fraction of sp³-hybridized carbons (Fsp3) is 0.583. The number of aryl methyl sites for hydroxylation is 2. The maximum absolute atomic E-state index is 14.5. The number of halogens is 1. The Labute approximate surface area is 303 Å². The summed E-state index contributed by atoms with van der Waals surface area (Å²) in [5.41, 5.74) is 1.87. The number of anilines is 2. The number of aliphatic hydroxyl groups excluding tert-OH is 1. The molecule has 2 aromatic rings. The highest BCUT2D eigenvalue weighted by Gasteiger charge is 2.31. The van der Waals surface area contributed by atoms with Gasteiger partial charge >= 0.3 is 11.9 Å². The molecule has 2 atom stereocenters. The van der Waals surface area contributed by atoms with Gasteiger partial charge in [0.05, 0.1) is 29.6 Å². The normalized spacial score (nSPS) is 12.8. The maximum Gasteiger partial charge on any atom is 0.325 e. The van der Waals surface area contributed by atoms with Crippen LogP contribution in [-0.2, 0) is 45.2 Å². The van der Waals surface area contributed by atoms with E-state index >= 15 is 0 Å². The van der Waals surface area contributed by atoms with Gasteiger partial charge in [-0.1, -0.05) is 26.8 Å². The summed E-state index contributed by atoms with van der Waals surface area (Å²) in [6.45, 7) is 13.1. The van der Waals surface area contributed by atoms with Crippen LogP contribution in [0.3, 0.4) is 0 Å². The molecule has 0 radical (unpaired) electrons. The molecule has 290 valence electrons. The van der Waals surface area contributed by atoms with Crippen LogP contribution in [0.4, 0.5) is 15.9 Å². The van der Waals surface area contributed by atoms with E-state index in [1.54, 1.807) is 13.0 Å². The van der Waals surface area contributed by atoms with Crippen LogP contribution < -0.4 is 21.7 Å². The summed E-state index contributed by atoms with van der Waals surface area (Å²) in [6, 6.07) is 5.82. The lowest BCUT2D eigenvalue weighted by Crippen LogP contribution is -2.42. The molecule has 0 fully saturated rings. The molecule has 2 rings (SSSR count). The number of nitrogens with zero attached hydrogens (tertiary/aromatic N) is 1. The first-order valence-corrected chi connectivity index (χ1v) is 16.9. The van der Waals surface area contributed by atoms with Gasteiger partial charge in [0, 0.05) is 25.5 Å². The first-order chi connectivity index (χ1) is 24.2. The number of amides is 2. The van der Waals surface area contributed by atoms with Gasteiger partial charge in [-0.3, -0.25) is 33.4 Å². The van der Waals surface area contributed by atoms with Gasteiger partial charge in [0.2, 0.25) is 5.91 Å². The molecule has 4 N–H and O–H groups in total. The van der Waals surface area contributed by atoms with Crippen LogP contribution in [0, 0.1) is 25.1 Å². The molecule has 0 spiro atoms. The van der Waals surface area contributed by atoms with E-state index in [4.69, 9.17) is 23.8 Å². The Morgan fingerprint density at radius 2 is 1.65 bits per heavy atom. The number of hydroxylamine groups is 1. The van der Waals surface area contributed by atoms with E-state index in [1.807, 2.05) is 41.5 Å². The summed E-state index contributed by atoms with van der Waals surface area (Å²) in [5.74, 6) is -3.08. The Hall–Kier alpha value is -4.38. The van der Waals surface area contributed by atoms with Gasteiger partial charge in [0.25, 0.3) is 11.5 Å². The molecular formula is C36H53FN4O11. The highest BCUT2D eigenvalue weighted by molar-refractivity contribution is 5.99. The van der Waals surface area contributed by atoms with Crippen molar-refractivity contribution in [2.24, 2.45) is 12.5 Å². The van der Waals surface area contributed by atoms with Crippen molar-refractivity contribution in [3.63, 3.8) is 0 Å². The second-order valence-corrected chi connectivity index (χ2v) is 14.2. The average Bonchev–Trinajstić information content (AvgIpc) is 3.04. The highest BCUT2D eigenvalue weighted by Crippen LogP contribution is 2.26. The van der Waals surface area contributed by atoms with Gasteiger partial charge in [-0.05, 0) is 70.2 Å². The SMILES string of the molecule is Cc1ccc(Nc2c(C(=O)NOCCOC(=O)CNC(=O)CCCC(=O)OCC(OC(CO)C(C)(C)C)OC(C)(C)C)cc(C)c(=O)n2C)c(F)c1. The molecule has 0 saturated heterocycles. The van der Waals surface area contributed by atoms with Crippen LogP contribution >= 0.6 is 0 Å². The minimum absolute atomic E-state index is 0.00703. The molecule has 1 aromatic carbocycles. The van der Waals surface area contributed by atoms with E-state index < -0.39 is 54.1 Å². The van der Waals surface area contributed by atoms with E-state index in [1.165, 1.54) is 36.7 Å². The summed E-state index contributed by atoms with van der Waals surface area (Å²) in [4.78, 5) is 67.1. The number of hydrogen-bond donors (Lipinski definition) is 4. The van der Waals surface area contributed by atoms with E-state index in [0.29, 0.717) is 5.56 Å². The van der Waals surface area contributed by atoms with Gasteiger partial charge in [0.1, 0.15) is 38.0 Å². The number of hydrogen-bond acceptors (Lipinski definition) is 12. The third-order valence-electron chi connectivity index (χ3n) is 7.36. The van der Waals surface area contributed by atoms with Gasteiger partial charge in [-0.2, -0.15) is 0 Å². The molecule has 0 saturated carbocycles. The molecule has 0 bridgehead atoms. The lowest BCUT2D eigenvalue weighted by molar-refractivity contribution is -0.251. The Balaban J connectivity index is 1.73. The minimum Gasteiger partial charge on any atom is -0.462 e. The zero-order chi connectivity index (χ0) is 39.2. The summed E-state index contributed by atoms with van der Waals surface area (Å²) < 4.78 is 37.7. The van der Waals surface area contributed by atoms with Gasteiger partial charge in [0.15, 0.2) is 6.29 Å². The van der Waals surface area contributed by atoms with Gasteiger partial charge < -0.3 is 34.7 Å². The van der Waals surface area contributed by atoms with Crippen molar-refractivity contribution in [1.82, 2.24) is 15.4 Å². The molecule has 0 aliphatic rings. The number of carbonyl (C=O) groups excluding carboxylic acids is 4. The predicted octanol–water partition coefficient (Wildman–Crippen LogP) is 3.48. The van der Waals surface area contributed by atoms with Crippen molar-refractivity contribution in [3.8, 4) is 0 Å². The first-order valence-electron chi connectivity index (χ1n) is 16.9. The molecule has 2 amide bonds. The van der Waals surface area contributed by atoms with Gasteiger partial charge in [-0.15, -0.1) is 0 Å². The number of rotatable bonds is 19. The zero-order valence-electron chi connectivity index (χ0n) is 31.5. The molecule has 1 aromatic heterocycles. The van der Waals surface area contributed by atoms with Crippen LogP contribution in [0.1, 0.15) is 82.3 Å². The predicted molar refractivity (Wildman–Crippen MR) is 189 cm³/mol. The van der Waals surface area contributed by atoms with Crippen LogP contribution in [0.25, 0.3) is 0 Å². The Morgan fingerprint density at radius 3 is 2.27 bits per heavy atom. The fourth-order valence-electron chi connectivity index (χ4n) is 4.57. The van der Waals surface area contributed by atoms with Crippen LogP contribution in [0.5, 0.6) is 0 Å². The number of aliphatic hydroxyl groups is 1. The standard InChI is InChI=1S/C36H53FN4O11/c1-22-13-14-26(25(37)17-22)39-32-24(18-23(2)34(47)41(32)9)33(46)40-50-16-15-48-30(45)19-38-28(43)11-10-12-29(44)49-21-31(52-36(6,7)8)51-27(20-42)35(3,4)5/h13-14,17-18,27,31,39,42H,10-12,15-16,19-21H2,1-9H3,(H,38,43)(H,40,46). The molecule has 1 heterocycles. The number of pyridine rings is 1. The first kappa shape index (κ1) is 43.8. The third kappa shape index (κ3) is 15.1. The molecule has 52 heavy (non-hydrogen) atoms. The van der Waals surface area contributed by atoms with Crippen molar-refractivity contribution in [3.05, 3.63) is 57.1 Å². The smallest absolute Gasteiger partial charge is 0.325 e. The lowest BCUT2D eigenvalue weighted by Gasteiger charge is -2.35. The second-order valence-electron chi connectivity index (χ2n) is 14.2. The van der Waals surface area contributed by atoms with E-state index in [2.05, 4.69) is 16.1 Å². The lowest BCUT2D eigenvalue weighted by atomic mass is 9.89. The molecule has 0 aliphatic carbocycles. The number of ether oxygens (including phenoxy) is 4. The molecule has 2 unspecified atom stereocenters. The van der Waals surface area contributed by atoms with Crippen molar-refractivity contribution in [2.75, 3.05) is 38.3 Å². The molecule has 0 aliphatic heterocycles. The van der Waals surface area contributed by atoms with Crippen LogP contribution in [-0.4, -0.2) is 84.4 Å². The van der Waals surface area contributed by atoms with Crippen molar-refractivity contribution in [2.45, 2.75) is 92.6 Å². The van der Waals surface area contributed by atoms with E-state index in [-0.39, 0.29) is 79.3 Å². The molecule has 16 heteroatoms. The van der Waals surface area contributed by atoms with E-state index in [0.717, 1.165) is 0 Å². The number of aromatic nitrogens is 1. The summed E-state index contributed by atoms with van der Waals surface area (Å²) in [6.07, 6.45) is -1.42. The van der Waals surface area contributed by atoms with Crippen LogP contribution in [0.15, 0.2) is 29.1 Å². The Kier molecular flexibility index (Phi) is 16.9. The molecule has 15 nitrogen and oxygen atoms in total. The Bertz CT molecular complexity index is 1600. The van der Waals surface area contributed by atoms with Crippen LogP contribution in [0.2, 0.25) is 0 Å². The van der Waals surface area contributed by atoms with E-state index in [9.17, 15) is 33.5 Å². The quantitative estimate of drug-likeness (QED) is 0.0712. The monoisotopic (exact) mass is 736 g/mol. The zero-order valence-corrected chi connectivity index (χ0v) is 31.5. The number of benzene rings is 1. The summed E-state index contributed by atoms with van der Waals surface area (Å²) in [5, 5.41) is 14.9. The summed E-state index contributed by atoms with van der Waals surface area (Å²) >= 11 is 0. The largest absolute Gasteiger partial charge is 0.462 e. The van der Waals surface area contributed by atoms with Crippen molar-refractivity contribution in [1.29, 1.82) is 0 Å². The maximum atomic E-state index is 14.5. The third-order valence-corrected chi connectivity index (χ3v) is 7.36. The molecular weight excluding hydrogens is 683 g/mol. The van der Waals surface area contributed by atoms with Crippen molar-refractivity contribution >= 4 is 35.3 Å². The Morgan fingerprint density at radius 1 is 0.962 bits per heavy atom. The summed E-state index contributed by atoms with van der Waals surface area (Å²) in [7, 11) is 1.44.